The Balaban J connectivity index is 2.52. The van der Waals surface area contributed by atoms with E-state index in [1.54, 1.807) is 13.8 Å². The van der Waals surface area contributed by atoms with Crippen molar-refractivity contribution >= 4 is 17.5 Å². The number of carbonyl (C=O) groups is 2. The highest BCUT2D eigenvalue weighted by atomic mass is 19.1. The lowest BCUT2D eigenvalue weighted by atomic mass is 9.95. The Kier molecular flexibility index (Phi) is 6.69. The summed E-state index contributed by atoms with van der Waals surface area (Å²) < 4.78 is 13.0. The molecule has 0 bridgehead atoms. The molecule has 0 spiro atoms. The van der Waals surface area contributed by atoms with Crippen LogP contribution in [-0.2, 0) is 9.59 Å². The van der Waals surface area contributed by atoms with Gasteiger partial charge in [-0.2, -0.15) is 0 Å². The summed E-state index contributed by atoms with van der Waals surface area (Å²) in [4.78, 5) is 23.6. The van der Waals surface area contributed by atoms with Gasteiger partial charge in [-0.3, -0.25) is 9.59 Å². The Morgan fingerprint density at radius 1 is 1.30 bits per heavy atom. The first-order valence-electron chi connectivity index (χ1n) is 7.68. The van der Waals surface area contributed by atoms with E-state index in [1.807, 2.05) is 13.8 Å². The van der Waals surface area contributed by atoms with Crippen LogP contribution in [0.4, 0.5) is 10.1 Å². The fourth-order valence-electron chi connectivity index (χ4n) is 1.99. The third-order valence-electron chi connectivity index (χ3n) is 3.53. The molecule has 3 N–H and O–H groups in total. The van der Waals surface area contributed by atoms with Crippen LogP contribution in [0.25, 0.3) is 0 Å². The Hall–Kier alpha value is -1.95. The first-order chi connectivity index (χ1) is 10.6. The maximum absolute atomic E-state index is 13.0. The fraction of sp³-hybridized carbons (Fsp3) is 0.529. The van der Waals surface area contributed by atoms with Gasteiger partial charge < -0.3 is 15.7 Å². The van der Waals surface area contributed by atoms with E-state index < -0.39 is 23.2 Å². The normalized spacial score (nSPS) is 13.5. The summed E-state index contributed by atoms with van der Waals surface area (Å²) >= 11 is 0. The van der Waals surface area contributed by atoms with Crippen molar-refractivity contribution in [2.24, 2.45) is 5.92 Å². The first kappa shape index (κ1) is 19.1. The van der Waals surface area contributed by atoms with Gasteiger partial charge in [-0.1, -0.05) is 13.8 Å². The SMILES string of the molecule is Cc1cc(F)ccc1NC(=O)C(=O)NC[C@](C)(O)CCC(C)C. The van der Waals surface area contributed by atoms with Crippen LogP contribution in [0.5, 0.6) is 0 Å². The molecule has 128 valence electrons. The minimum Gasteiger partial charge on any atom is -0.388 e. The van der Waals surface area contributed by atoms with E-state index in [2.05, 4.69) is 10.6 Å². The maximum atomic E-state index is 13.0. The third kappa shape index (κ3) is 6.78. The van der Waals surface area contributed by atoms with Crippen LogP contribution in [0.3, 0.4) is 0 Å². The van der Waals surface area contributed by atoms with Gasteiger partial charge in [0.15, 0.2) is 0 Å². The van der Waals surface area contributed by atoms with Crippen molar-refractivity contribution < 1.29 is 19.1 Å². The van der Waals surface area contributed by atoms with E-state index in [0.29, 0.717) is 23.6 Å². The Morgan fingerprint density at radius 2 is 1.96 bits per heavy atom. The van der Waals surface area contributed by atoms with Gasteiger partial charge in [0.05, 0.1) is 5.60 Å². The average molecular weight is 324 g/mol. The minimum absolute atomic E-state index is 0.00558. The largest absolute Gasteiger partial charge is 0.388 e. The summed E-state index contributed by atoms with van der Waals surface area (Å²) in [6, 6.07) is 3.87. The summed E-state index contributed by atoms with van der Waals surface area (Å²) in [7, 11) is 0. The van der Waals surface area contributed by atoms with Crippen LogP contribution < -0.4 is 10.6 Å². The van der Waals surface area contributed by atoms with Gasteiger partial charge in [0, 0.05) is 12.2 Å². The Labute approximate surface area is 136 Å². The number of amides is 2. The molecule has 2 amide bonds. The summed E-state index contributed by atoms with van der Waals surface area (Å²) in [6.45, 7) is 7.35. The van der Waals surface area contributed by atoms with Crippen molar-refractivity contribution in [3.05, 3.63) is 29.6 Å². The highest BCUT2D eigenvalue weighted by Gasteiger charge is 2.23. The molecule has 0 saturated heterocycles. The van der Waals surface area contributed by atoms with E-state index >= 15 is 0 Å². The number of carbonyl (C=O) groups excluding carboxylic acids is 2. The average Bonchev–Trinajstić information content (AvgIpc) is 2.45. The third-order valence-corrected chi connectivity index (χ3v) is 3.53. The molecule has 0 saturated carbocycles. The standard InChI is InChI=1S/C17H25FN2O3/c1-11(2)7-8-17(4,23)10-19-15(21)16(22)20-14-6-5-13(18)9-12(14)3/h5-6,9,11,23H,7-8,10H2,1-4H3,(H,19,21)(H,20,22)/t17-/m1/s1. The van der Waals surface area contributed by atoms with Crippen LogP contribution in [0.2, 0.25) is 0 Å². The molecule has 0 heterocycles. The van der Waals surface area contributed by atoms with Crippen LogP contribution in [0.1, 0.15) is 39.2 Å². The number of halogens is 1. The zero-order valence-corrected chi connectivity index (χ0v) is 14.1. The van der Waals surface area contributed by atoms with Crippen molar-refractivity contribution in [1.82, 2.24) is 5.32 Å². The molecule has 1 atom stereocenters. The van der Waals surface area contributed by atoms with Gasteiger partial charge >= 0.3 is 11.8 Å². The van der Waals surface area contributed by atoms with E-state index in [9.17, 15) is 19.1 Å². The summed E-state index contributed by atoms with van der Waals surface area (Å²) in [5, 5.41) is 15.0. The monoisotopic (exact) mass is 324 g/mol. The molecule has 1 rings (SSSR count). The molecule has 5 nitrogen and oxygen atoms in total. The molecule has 0 aliphatic carbocycles. The number of rotatable bonds is 6. The maximum Gasteiger partial charge on any atom is 0.313 e. The Morgan fingerprint density at radius 3 is 2.52 bits per heavy atom. The second-order valence-corrected chi connectivity index (χ2v) is 6.53. The van der Waals surface area contributed by atoms with Gasteiger partial charge in [-0.25, -0.2) is 4.39 Å². The number of hydrogen-bond acceptors (Lipinski definition) is 3. The smallest absolute Gasteiger partial charge is 0.313 e. The molecule has 0 fully saturated rings. The van der Waals surface area contributed by atoms with Crippen molar-refractivity contribution in [2.45, 2.75) is 46.1 Å². The number of aliphatic hydroxyl groups is 1. The molecule has 23 heavy (non-hydrogen) atoms. The molecule has 0 unspecified atom stereocenters. The second kappa shape index (κ2) is 8.06. The molecule has 1 aromatic carbocycles. The lowest BCUT2D eigenvalue weighted by Gasteiger charge is -2.24. The number of hydrogen-bond donors (Lipinski definition) is 3. The van der Waals surface area contributed by atoms with Crippen LogP contribution in [-0.4, -0.2) is 29.1 Å². The Bertz CT molecular complexity index is 571. The van der Waals surface area contributed by atoms with Gasteiger partial charge in [0.25, 0.3) is 0 Å². The van der Waals surface area contributed by atoms with Crippen molar-refractivity contribution in [3.8, 4) is 0 Å². The molecule has 1 aromatic rings. The number of benzene rings is 1. The molecule has 0 radical (unpaired) electrons. The second-order valence-electron chi connectivity index (χ2n) is 6.53. The highest BCUT2D eigenvalue weighted by Crippen LogP contribution is 2.16. The minimum atomic E-state index is -1.06. The number of aryl methyl sites for hydroxylation is 1. The van der Waals surface area contributed by atoms with E-state index in [-0.39, 0.29) is 6.54 Å². The van der Waals surface area contributed by atoms with Crippen molar-refractivity contribution in [2.75, 3.05) is 11.9 Å². The quantitative estimate of drug-likeness (QED) is 0.703. The van der Waals surface area contributed by atoms with Crippen molar-refractivity contribution in [3.63, 3.8) is 0 Å². The zero-order valence-electron chi connectivity index (χ0n) is 14.1. The molecule has 0 aliphatic rings. The molecule has 6 heteroatoms. The first-order valence-corrected chi connectivity index (χ1v) is 7.68. The van der Waals surface area contributed by atoms with Gasteiger partial charge in [0.2, 0.25) is 0 Å². The van der Waals surface area contributed by atoms with E-state index in [4.69, 9.17) is 0 Å². The van der Waals surface area contributed by atoms with Gasteiger partial charge in [-0.05, 0) is 56.4 Å². The lowest BCUT2D eigenvalue weighted by molar-refractivity contribution is -0.136. The van der Waals surface area contributed by atoms with Gasteiger partial charge in [0.1, 0.15) is 5.82 Å². The predicted molar refractivity (Wildman–Crippen MR) is 87.5 cm³/mol. The molecule has 0 aliphatic heterocycles. The lowest BCUT2D eigenvalue weighted by Crippen LogP contribution is -2.44. The summed E-state index contributed by atoms with van der Waals surface area (Å²) in [5.74, 6) is -1.65. The summed E-state index contributed by atoms with van der Waals surface area (Å²) in [6.07, 6.45) is 1.35. The molecular formula is C17H25FN2O3. The topological polar surface area (TPSA) is 78.4 Å². The number of nitrogens with one attached hydrogen (secondary N) is 2. The van der Waals surface area contributed by atoms with Crippen LogP contribution >= 0.6 is 0 Å². The molecular weight excluding hydrogens is 299 g/mol. The highest BCUT2D eigenvalue weighted by molar-refractivity contribution is 6.39. The predicted octanol–water partition coefficient (Wildman–Crippen LogP) is 2.38. The van der Waals surface area contributed by atoms with E-state index in [0.717, 1.165) is 6.42 Å². The van der Waals surface area contributed by atoms with Gasteiger partial charge in [-0.15, -0.1) is 0 Å². The molecule has 0 aromatic heterocycles. The number of anilines is 1. The van der Waals surface area contributed by atoms with E-state index in [1.165, 1.54) is 18.2 Å². The van der Waals surface area contributed by atoms with Crippen LogP contribution in [0, 0.1) is 18.7 Å². The summed E-state index contributed by atoms with van der Waals surface area (Å²) in [5.41, 5.74) is -0.167. The zero-order chi connectivity index (χ0) is 17.6. The fourth-order valence-corrected chi connectivity index (χ4v) is 1.99. The van der Waals surface area contributed by atoms with Crippen LogP contribution in [0.15, 0.2) is 18.2 Å². The van der Waals surface area contributed by atoms with Crippen molar-refractivity contribution in [1.29, 1.82) is 0 Å².